The van der Waals surface area contributed by atoms with Gasteiger partial charge in [-0.2, -0.15) is 1.33 Å². The number of aryl methyl sites for hydroxylation is 3. The Labute approximate surface area is 179 Å². The van der Waals surface area contributed by atoms with E-state index >= 15 is 0 Å². The number of halogens is 2. The van der Waals surface area contributed by atoms with Crippen LogP contribution in [-0.4, -0.2) is 25.6 Å². The molecule has 0 radical (unpaired) electrons. The molecule has 0 aliphatic heterocycles. The summed E-state index contributed by atoms with van der Waals surface area (Å²) in [6, 6.07) is 0.871. The van der Waals surface area contributed by atoms with Crippen LogP contribution in [0.25, 0.3) is 11.2 Å². The van der Waals surface area contributed by atoms with Crippen molar-refractivity contribution in [1.29, 1.82) is 0 Å². The second-order valence-corrected chi connectivity index (χ2v) is 10.9. The summed E-state index contributed by atoms with van der Waals surface area (Å²) in [4.78, 5) is 23.8. The molecule has 2 aromatic rings. The number of imidazole rings is 1. The molecule has 0 unspecified atom stereocenters. The molecule has 0 saturated heterocycles. The number of nitrogens with zero attached hydrogens (tertiary/aromatic N) is 5. The van der Waals surface area contributed by atoms with E-state index in [-0.39, 0.29) is 11.2 Å². The Morgan fingerprint density at radius 3 is 1.96 bits per heavy atom. The summed E-state index contributed by atoms with van der Waals surface area (Å²) in [5, 5.41) is 0. The molecule has 7 nitrogen and oxygen atoms in total. The summed E-state index contributed by atoms with van der Waals surface area (Å²) >= 11 is 6.85. The van der Waals surface area contributed by atoms with Crippen LogP contribution < -0.4 is 11.2 Å². The van der Waals surface area contributed by atoms with Gasteiger partial charge in [0.1, 0.15) is 0 Å². The number of rotatable bonds is 1. The molecule has 2 heterocycles. The molecule has 1 aliphatic rings. The third-order valence-electron chi connectivity index (χ3n) is 4.38. The molecule has 1 fully saturated rings. The van der Waals surface area contributed by atoms with Gasteiger partial charge in [0.25, 0.3) is 0 Å². The van der Waals surface area contributed by atoms with Crippen molar-refractivity contribution in [3.05, 3.63) is 24.6 Å². The SMILES string of the molecule is Cn1c(=O)c2c(n(C)c1=O)n(C)[c](=[Pt])n2C.IN(I)C1CCCC1. The van der Waals surface area contributed by atoms with E-state index < -0.39 is 0 Å². The van der Waals surface area contributed by atoms with Gasteiger partial charge in [-0.25, -0.2) is 0 Å². The van der Waals surface area contributed by atoms with Crippen molar-refractivity contribution in [1.82, 2.24) is 19.6 Å². The zero-order chi connectivity index (χ0) is 18.2. The van der Waals surface area contributed by atoms with Gasteiger partial charge < -0.3 is 0 Å². The minimum atomic E-state index is -0.310. The van der Waals surface area contributed by atoms with Crippen LogP contribution in [0.2, 0.25) is 0 Å². The fraction of sp³-hybridized carbons (Fsp3) is 0.643. The van der Waals surface area contributed by atoms with Gasteiger partial charge in [0.15, 0.2) is 0 Å². The first-order valence-corrected chi connectivity index (χ1v) is 10.6. The summed E-state index contributed by atoms with van der Waals surface area (Å²) < 4.78 is 9.41. The molecule has 0 spiro atoms. The first-order chi connectivity index (χ1) is 11.2. The monoisotopic (exact) mass is 740 g/mol. The average molecular weight is 740 g/mol. The predicted octanol–water partition coefficient (Wildman–Crippen LogP) is 1.92. The van der Waals surface area contributed by atoms with E-state index in [1.54, 1.807) is 11.6 Å². The van der Waals surface area contributed by atoms with Crippen LogP contribution >= 0.6 is 45.7 Å². The third kappa shape index (κ3) is 3.83. The molecule has 0 N–H and O–H groups in total. The Morgan fingerprint density at radius 2 is 1.50 bits per heavy atom. The van der Waals surface area contributed by atoms with Crippen molar-refractivity contribution in [2.75, 3.05) is 0 Å². The van der Waals surface area contributed by atoms with Gasteiger partial charge in [-0.1, -0.05) is 12.8 Å². The summed E-state index contributed by atoms with van der Waals surface area (Å²) in [7, 11) is 6.81. The van der Waals surface area contributed by atoms with Crippen molar-refractivity contribution >= 4 is 56.9 Å². The van der Waals surface area contributed by atoms with E-state index in [9.17, 15) is 9.59 Å². The van der Waals surface area contributed by atoms with Gasteiger partial charge in [-0.15, -0.1) is 0 Å². The fourth-order valence-electron chi connectivity index (χ4n) is 2.98. The summed E-state index contributed by atoms with van der Waals surface area (Å²) in [5.74, 6) is 0. The molecule has 1 aliphatic carbocycles. The number of hydrogen-bond acceptors (Lipinski definition) is 3. The first kappa shape index (κ1) is 20.6. The number of fused-ring (bicyclic) bond motifs is 1. The van der Waals surface area contributed by atoms with E-state index in [4.69, 9.17) is 0 Å². The van der Waals surface area contributed by atoms with Gasteiger partial charge in [0.2, 0.25) is 0 Å². The molecular weight excluding hydrogens is 719 g/mol. The summed E-state index contributed by atoms with van der Waals surface area (Å²) in [5.41, 5.74) is 0.604. The molecule has 138 valence electrons. The average Bonchev–Trinajstić information content (AvgIpc) is 3.15. The van der Waals surface area contributed by atoms with Crippen LogP contribution in [0, 0.1) is 3.80 Å². The molecular formula is C14H21I2N5O2Pt. The van der Waals surface area contributed by atoms with E-state index in [1.165, 1.54) is 37.3 Å². The maximum absolute atomic E-state index is 12.0. The zero-order valence-corrected chi connectivity index (χ0v) is 20.6. The quantitative estimate of drug-likeness (QED) is 0.332. The van der Waals surface area contributed by atoms with Crippen LogP contribution in [0.5, 0.6) is 0 Å². The molecule has 1 saturated carbocycles. The Hall–Kier alpha value is 0.258. The maximum atomic E-state index is 12.0. The van der Waals surface area contributed by atoms with Crippen molar-refractivity contribution in [2.24, 2.45) is 28.2 Å². The number of aromatic nitrogens is 4. The van der Waals surface area contributed by atoms with Crippen molar-refractivity contribution in [3.63, 3.8) is 0 Å². The molecule has 0 bridgehead atoms. The Bertz CT molecular complexity index is 918. The van der Waals surface area contributed by atoms with Gasteiger partial charge in [-0.3, -0.25) is 0 Å². The molecule has 0 atom stereocenters. The second-order valence-electron chi connectivity index (χ2n) is 5.93. The molecule has 0 aromatic carbocycles. The van der Waals surface area contributed by atoms with E-state index in [1.807, 2.05) is 18.7 Å². The van der Waals surface area contributed by atoms with Crippen LogP contribution in [-0.2, 0) is 47.5 Å². The fourth-order valence-corrected chi connectivity index (χ4v) is 4.59. The maximum Gasteiger partial charge on any atom is 0.0311 e. The molecule has 10 heteroatoms. The molecule has 2 aromatic heterocycles. The number of hydrogen-bond donors (Lipinski definition) is 0. The minimum Gasteiger partial charge on any atom is -0.185 e. The van der Waals surface area contributed by atoms with Crippen molar-refractivity contribution in [3.8, 4) is 0 Å². The standard InChI is InChI=1S/C9H12N4O2.C5H9I2N.Pt/c1-10-5-11(2)7-6(10)8(14)13(4)9(15)12(7)3;6-8(7)5-3-1-2-4-5;/h1-4H3;5H,1-4H2;. The summed E-state index contributed by atoms with van der Waals surface area (Å²) in [6.07, 6.45) is 5.69. The first-order valence-electron chi connectivity index (χ1n) is 7.56. The largest absolute Gasteiger partial charge is 0.185 e. The van der Waals surface area contributed by atoms with Gasteiger partial charge >= 0.3 is 102 Å². The van der Waals surface area contributed by atoms with E-state index in [2.05, 4.69) is 66.4 Å². The predicted molar refractivity (Wildman–Crippen MR) is 108 cm³/mol. The van der Waals surface area contributed by atoms with Gasteiger partial charge in [-0.05, 0) is 12.8 Å². The van der Waals surface area contributed by atoms with Crippen LogP contribution in [0.1, 0.15) is 25.7 Å². The zero-order valence-electron chi connectivity index (χ0n) is 14.0. The Balaban J connectivity index is 0.000000219. The topological polar surface area (TPSA) is 57.1 Å². The molecule has 24 heavy (non-hydrogen) atoms. The molecule has 3 rings (SSSR count). The van der Waals surface area contributed by atoms with Crippen molar-refractivity contribution < 1.29 is 19.4 Å². The second kappa shape index (κ2) is 8.30. The normalized spacial score (nSPS) is 15.2. The summed E-state index contributed by atoms with van der Waals surface area (Å²) in [6.45, 7) is 0. The third-order valence-corrected chi connectivity index (χ3v) is 7.48. The smallest absolute Gasteiger partial charge is 0.0311 e. The Morgan fingerprint density at radius 1 is 0.958 bits per heavy atom. The van der Waals surface area contributed by atoms with Crippen LogP contribution in [0.15, 0.2) is 9.59 Å². The minimum absolute atomic E-state index is 0.264. The van der Waals surface area contributed by atoms with Gasteiger partial charge in [0.05, 0.1) is 0 Å². The Kier molecular flexibility index (Phi) is 7.11. The molecule has 0 amide bonds. The van der Waals surface area contributed by atoms with Crippen LogP contribution in [0.4, 0.5) is 0 Å². The van der Waals surface area contributed by atoms with E-state index in [0.717, 1.165) is 14.4 Å². The van der Waals surface area contributed by atoms with Crippen molar-refractivity contribution in [2.45, 2.75) is 31.7 Å². The van der Waals surface area contributed by atoms with Gasteiger partial charge in [0, 0.05) is 51.8 Å². The van der Waals surface area contributed by atoms with Crippen LogP contribution in [0.3, 0.4) is 0 Å². The van der Waals surface area contributed by atoms with E-state index in [0.29, 0.717) is 11.2 Å².